The number of carboxylic acid groups (broad SMARTS) is 1. The van der Waals surface area contributed by atoms with Crippen LogP contribution in [0.3, 0.4) is 0 Å². The molecule has 94 valence electrons. The van der Waals surface area contributed by atoms with Crippen molar-refractivity contribution in [1.82, 2.24) is 0 Å². The van der Waals surface area contributed by atoms with E-state index in [-0.39, 0.29) is 6.42 Å². The van der Waals surface area contributed by atoms with E-state index in [0.717, 1.165) is 13.0 Å². The van der Waals surface area contributed by atoms with E-state index in [9.17, 15) is 4.79 Å². The fraction of sp³-hybridized carbons (Fsp3) is 0.917. The first-order chi connectivity index (χ1) is 7.77. The van der Waals surface area contributed by atoms with Crippen molar-refractivity contribution in [2.45, 2.75) is 58.3 Å². The van der Waals surface area contributed by atoms with Crippen LogP contribution < -0.4 is 0 Å². The van der Waals surface area contributed by atoms with Gasteiger partial charge in [0.1, 0.15) is 0 Å². The molecule has 0 bridgehead atoms. The molecule has 0 aromatic heterocycles. The molecule has 0 aromatic carbocycles. The highest BCUT2D eigenvalue weighted by Crippen LogP contribution is 2.04. The van der Waals surface area contributed by atoms with Gasteiger partial charge in [-0.15, -0.1) is 0 Å². The van der Waals surface area contributed by atoms with E-state index in [0.29, 0.717) is 13.0 Å². The molecule has 0 saturated heterocycles. The van der Waals surface area contributed by atoms with Crippen LogP contribution in [0.4, 0.5) is 0 Å². The Kier molecular flexibility index (Phi) is 11.4. The van der Waals surface area contributed by atoms with E-state index in [2.05, 4.69) is 17.2 Å². The van der Waals surface area contributed by atoms with Gasteiger partial charge in [0.15, 0.2) is 0 Å². The molecule has 1 N–H and O–H groups in total. The maximum Gasteiger partial charge on any atom is 0.303 e. The maximum atomic E-state index is 10.2. The first kappa shape index (κ1) is 15.1. The van der Waals surface area contributed by atoms with Gasteiger partial charge < -0.3 is 5.11 Å². The maximum absolute atomic E-state index is 10.2. The SMILES string of the molecule is CCCCCCCCN=NCCCC(=O)O. The Bertz CT molecular complexity index is 193. The van der Waals surface area contributed by atoms with Crippen molar-refractivity contribution >= 4 is 5.97 Å². The summed E-state index contributed by atoms with van der Waals surface area (Å²) in [7, 11) is 0. The van der Waals surface area contributed by atoms with Gasteiger partial charge in [-0.25, -0.2) is 0 Å². The van der Waals surface area contributed by atoms with Crippen LogP contribution in [0.1, 0.15) is 58.3 Å². The summed E-state index contributed by atoms with van der Waals surface area (Å²) >= 11 is 0. The Morgan fingerprint density at radius 3 is 2.12 bits per heavy atom. The zero-order valence-electron chi connectivity index (χ0n) is 10.3. The van der Waals surface area contributed by atoms with Crippen LogP contribution in [0, 0.1) is 0 Å². The molecule has 0 aliphatic heterocycles. The van der Waals surface area contributed by atoms with Crippen molar-refractivity contribution in [3.8, 4) is 0 Å². The number of nitrogens with zero attached hydrogens (tertiary/aromatic N) is 2. The van der Waals surface area contributed by atoms with E-state index in [1.807, 2.05) is 0 Å². The lowest BCUT2D eigenvalue weighted by atomic mass is 10.1. The predicted molar refractivity (Wildman–Crippen MR) is 64.8 cm³/mol. The van der Waals surface area contributed by atoms with Gasteiger partial charge in [-0.2, -0.15) is 10.2 Å². The molecule has 0 aromatic rings. The molecule has 0 aliphatic rings. The zero-order chi connectivity index (χ0) is 12.1. The molecule has 0 rings (SSSR count). The number of hydrogen-bond acceptors (Lipinski definition) is 3. The van der Waals surface area contributed by atoms with Crippen molar-refractivity contribution < 1.29 is 9.90 Å². The van der Waals surface area contributed by atoms with Crippen molar-refractivity contribution in [2.24, 2.45) is 10.2 Å². The van der Waals surface area contributed by atoms with Crippen LogP contribution in [0.25, 0.3) is 0 Å². The molecule has 0 amide bonds. The molecule has 0 radical (unpaired) electrons. The van der Waals surface area contributed by atoms with Gasteiger partial charge in [-0.05, 0) is 12.8 Å². The third kappa shape index (κ3) is 13.1. The Balaban J connectivity index is 3.06. The quantitative estimate of drug-likeness (QED) is 0.433. The molecule has 0 unspecified atom stereocenters. The topological polar surface area (TPSA) is 62.0 Å². The Morgan fingerprint density at radius 2 is 1.50 bits per heavy atom. The first-order valence-corrected chi connectivity index (χ1v) is 6.32. The van der Waals surface area contributed by atoms with Crippen molar-refractivity contribution in [3.63, 3.8) is 0 Å². The van der Waals surface area contributed by atoms with Gasteiger partial charge in [0, 0.05) is 6.42 Å². The van der Waals surface area contributed by atoms with E-state index in [1.54, 1.807) is 0 Å². The lowest BCUT2D eigenvalue weighted by molar-refractivity contribution is -0.137. The second kappa shape index (κ2) is 12.1. The van der Waals surface area contributed by atoms with Gasteiger partial charge in [0.2, 0.25) is 0 Å². The fourth-order valence-electron chi connectivity index (χ4n) is 1.41. The molecule has 16 heavy (non-hydrogen) atoms. The number of azo groups is 1. The van der Waals surface area contributed by atoms with E-state index in [1.165, 1.54) is 32.1 Å². The zero-order valence-corrected chi connectivity index (χ0v) is 10.3. The summed E-state index contributed by atoms with van der Waals surface area (Å²) in [6, 6.07) is 0. The second-order valence-corrected chi connectivity index (χ2v) is 4.00. The molecule has 0 aliphatic carbocycles. The molecule has 4 heteroatoms. The first-order valence-electron chi connectivity index (χ1n) is 6.32. The van der Waals surface area contributed by atoms with Crippen molar-refractivity contribution in [2.75, 3.05) is 13.1 Å². The monoisotopic (exact) mass is 228 g/mol. The lowest BCUT2D eigenvalue weighted by Crippen LogP contribution is -1.95. The molecule has 0 saturated carbocycles. The largest absolute Gasteiger partial charge is 0.481 e. The number of rotatable bonds is 11. The second-order valence-electron chi connectivity index (χ2n) is 4.00. The van der Waals surface area contributed by atoms with Gasteiger partial charge in [-0.3, -0.25) is 4.79 Å². The summed E-state index contributed by atoms with van der Waals surface area (Å²) in [5.41, 5.74) is 0. The fourth-order valence-corrected chi connectivity index (χ4v) is 1.41. The van der Waals surface area contributed by atoms with E-state index in [4.69, 9.17) is 5.11 Å². The van der Waals surface area contributed by atoms with E-state index < -0.39 is 5.97 Å². The highest BCUT2D eigenvalue weighted by atomic mass is 16.4. The number of hydrogen-bond donors (Lipinski definition) is 1. The van der Waals surface area contributed by atoms with Gasteiger partial charge in [0.05, 0.1) is 13.1 Å². The van der Waals surface area contributed by atoms with Crippen LogP contribution in [0.15, 0.2) is 10.2 Å². The number of unbranched alkanes of at least 4 members (excludes halogenated alkanes) is 5. The minimum absolute atomic E-state index is 0.191. The van der Waals surface area contributed by atoms with Crippen LogP contribution >= 0.6 is 0 Å². The van der Waals surface area contributed by atoms with E-state index >= 15 is 0 Å². The lowest BCUT2D eigenvalue weighted by Gasteiger charge is -1.97. The molecular weight excluding hydrogens is 204 g/mol. The van der Waals surface area contributed by atoms with Crippen molar-refractivity contribution in [1.29, 1.82) is 0 Å². The minimum atomic E-state index is -0.758. The third-order valence-corrected chi connectivity index (χ3v) is 2.36. The minimum Gasteiger partial charge on any atom is -0.481 e. The highest BCUT2D eigenvalue weighted by molar-refractivity contribution is 5.66. The average Bonchev–Trinajstić information content (AvgIpc) is 2.25. The summed E-state index contributed by atoms with van der Waals surface area (Å²) in [6.45, 7) is 3.55. The molecule has 0 atom stereocenters. The van der Waals surface area contributed by atoms with Crippen LogP contribution in [-0.2, 0) is 4.79 Å². The molecule has 0 spiro atoms. The molecule has 4 nitrogen and oxygen atoms in total. The normalized spacial score (nSPS) is 11.1. The summed E-state index contributed by atoms with van der Waals surface area (Å²) in [5.74, 6) is -0.758. The van der Waals surface area contributed by atoms with Crippen molar-refractivity contribution in [3.05, 3.63) is 0 Å². The van der Waals surface area contributed by atoms with Gasteiger partial charge >= 0.3 is 5.97 Å². The Hall–Kier alpha value is -0.930. The Morgan fingerprint density at radius 1 is 0.938 bits per heavy atom. The molecule has 0 heterocycles. The standard InChI is InChI=1S/C12H24N2O2/c1-2-3-4-5-6-7-10-13-14-11-8-9-12(15)16/h2-11H2,1H3,(H,15,16). The number of carboxylic acids is 1. The summed E-state index contributed by atoms with van der Waals surface area (Å²) in [5, 5.41) is 16.3. The number of carbonyl (C=O) groups is 1. The predicted octanol–water partition coefficient (Wildman–Crippen LogP) is 3.66. The van der Waals surface area contributed by atoms with Crippen LogP contribution in [0.2, 0.25) is 0 Å². The summed E-state index contributed by atoms with van der Waals surface area (Å²) in [4.78, 5) is 10.2. The molecule has 0 fully saturated rings. The molecular formula is C12H24N2O2. The van der Waals surface area contributed by atoms with Crippen LogP contribution in [0.5, 0.6) is 0 Å². The van der Waals surface area contributed by atoms with Gasteiger partial charge in [0.25, 0.3) is 0 Å². The van der Waals surface area contributed by atoms with Crippen LogP contribution in [-0.4, -0.2) is 24.2 Å². The van der Waals surface area contributed by atoms with Gasteiger partial charge in [-0.1, -0.05) is 39.0 Å². The third-order valence-electron chi connectivity index (χ3n) is 2.36. The number of aliphatic carboxylic acids is 1. The Labute approximate surface area is 98.2 Å². The summed E-state index contributed by atoms with van der Waals surface area (Å²) in [6.07, 6.45) is 8.35. The summed E-state index contributed by atoms with van der Waals surface area (Å²) < 4.78 is 0. The average molecular weight is 228 g/mol. The smallest absolute Gasteiger partial charge is 0.303 e. The highest BCUT2D eigenvalue weighted by Gasteiger charge is 1.94.